The van der Waals surface area contributed by atoms with E-state index in [0.717, 1.165) is 113 Å². The summed E-state index contributed by atoms with van der Waals surface area (Å²) in [5.74, 6) is 17.6. The van der Waals surface area contributed by atoms with E-state index in [9.17, 15) is 20.1 Å². The van der Waals surface area contributed by atoms with Crippen molar-refractivity contribution in [2.45, 2.75) is 138 Å². The molecule has 434 valence electrons. The number of hydrogen-bond donors (Lipinski definition) is 7. The molecule has 6 aliphatic heterocycles. The van der Waals surface area contributed by atoms with E-state index in [-0.39, 0.29) is 54.6 Å². The van der Waals surface area contributed by atoms with Crippen LogP contribution in [-0.4, -0.2) is 90.8 Å². The van der Waals surface area contributed by atoms with Crippen LogP contribution >= 0.6 is 21.6 Å². The summed E-state index contributed by atoms with van der Waals surface area (Å²) in [6.45, 7) is 2.36. The number of aliphatic hydroxyl groups excluding tert-OH is 1. The maximum absolute atomic E-state index is 13.4. The number of carbonyl (C=O) groups excluding carboxylic acids is 1. The summed E-state index contributed by atoms with van der Waals surface area (Å²) in [6.07, 6.45) is 17.9. The van der Waals surface area contributed by atoms with Gasteiger partial charge in [-0.2, -0.15) is 0 Å². The summed E-state index contributed by atoms with van der Waals surface area (Å²) in [7, 11) is 5.50. The van der Waals surface area contributed by atoms with E-state index in [1.165, 1.54) is 25.3 Å². The molecule has 8 N–H and O–H groups in total. The Hall–Kier alpha value is -6.01. The van der Waals surface area contributed by atoms with E-state index < -0.39 is 42.3 Å². The molecule has 83 heavy (non-hydrogen) atoms. The molecule has 6 bridgehead atoms. The smallest absolute Gasteiger partial charge is 0.302 e. The van der Waals surface area contributed by atoms with Gasteiger partial charge in [0.1, 0.15) is 42.0 Å². The van der Waals surface area contributed by atoms with Crippen molar-refractivity contribution in [3.63, 3.8) is 0 Å². The molecular weight excluding hydrogens is 1080 g/mol. The molecule has 15 heteroatoms. The van der Waals surface area contributed by atoms with Crippen molar-refractivity contribution in [3.8, 4) is 63.6 Å². The lowest BCUT2D eigenvalue weighted by Gasteiger charge is -2.40. The van der Waals surface area contributed by atoms with Crippen LogP contribution in [0.25, 0.3) is 17.2 Å². The largest absolute Gasteiger partial charge is 0.508 e. The summed E-state index contributed by atoms with van der Waals surface area (Å²) in [5, 5.41) is 46.6. The summed E-state index contributed by atoms with van der Waals surface area (Å²) in [6, 6.07) is 18.6. The highest BCUT2D eigenvalue weighted by Crippen LogP contribution is 2.64. The number of dihydropyridines is 1. The average molecular weight is 1160 g/mol. The first-order chi connectivity index (χ1) is 40.6. The fourth-order valence-corrected chi connectivity index (χ4v) is 18.2. The molecule has 0 aromatic heterocycles. The van der Waals surface area contributed by atoms with E-state index in [4.69, 9.17) is 29.4 Å². The SMILES string of the molecule is COCC1CC#CC2C#CC3=C(C=CC(N)N3)C(CCc3ccccc3)C3CCC4(Cc5cc(O)cc(OCO)c5-c5ccc6c(c54)OC(c4c5c(c(O)c(c42)CNCC1)OC1CSSCC2CCCC(C2)NC1C=C5)C6COC(C)=O)C3. The lowest BCUT2D eigenvalue weighted by atomic mass is 9.64. The first kappa shape index (κ1) is 56.1. The molecular formula is C68H76N4O9S2. The first-order valence-corrected chi connectivity index (χ1v) is 32.6. The normalized spacial score (nSPS) is 30.0. The minimum Gasteiger partial charge on any atom is -0.508 e. The van der Waals surface area contributed by atoms with Crippen LogP contribution < -0.4 is 35.9 Å². The number of carbonyl (C=O) groups is 1. The van der Waals surface area contributed by atoms with Gasteiger partial charge in [-0.15, -0.1) is 5.92 Å². The second-order valence-electron chi connectivity index (χ2n) is 24.5. The summed E-state index contributed by atoms with van der Waals surface area (Å²) >= 11 is 0. The molecule has 0 radical (unpaired) electrons. The van der Waals surface area contributed by atoms with Crippen molar-refractivity contribution < 1.29 is 43.8 Å². The van der Waals surface area contributed by atoms with Crippen molar-refractivity contribution in [2.24, 2.45) is 29.4 Å². The van der Waals surface area contributed by atoms with Gasteiger partial charge in [0.2, 0.25) is 0 Å². The molecule has 4 aromatic carbocycles. The Morgan fingerprint density at radius 2 is 1.83 bits per heavy atom. The van der Waals surface area contributed by atoms with Gasteiger partial charge in [0.05, 0.1) is 23.8 Å². The van der Waals surface area contributed by atoms with Gasteiger partial charge in [0.15, 0.2) is 18.3 Å². The maximum Gasteiger partial charge on any atom is 0.302 e. The maximum atomic E-state index is 13.4. The highest BCUT2D eigenvalue weighted by Gasteiger charge is 2.53. The zero-order valence-corrected chi connectivity index (χ0v) is 49.1. The fraction of sp³-hybridized carbons (Fsp3) is 0.485. The third-order valence-electron chi connectivity index (χ3n) is 19.3. The first-order valence-electron chi connectivity index (χ1n) is 30.1. The standard InChI is InChI=1S/C68H76N4O9S2/c1-39(74)78-35-54-50-17-18-51-60-45(29-47(75)30-57(60)79-38-73)32-68-26-24-44(31-68)48(16-14-40-8-4-3-5-9-40)49-20-23-59(69)72-55(49)21-15-43-12-6-10-41(34-77-2)25-27-70-33-53-61(43)62(65(54)81-66(50)63(51)68)52-19-22-56-58(80-67(52)64(53)76)37-83-82-36-42-11-7-13-46(28-42)71-56/h3-5,8-9,17-20,22-23,29-30,41-44,46,48,54,56,58-59,65,70-73,75-76H,7,10-11,13-14,16,24-28,31-38,69H2,1-2H3. The molecule has 0 amide bonds. The van der Waals surface area contributed by atoms with Gasteiger partial charge in [0, 0.05) is 96.0 Å². The predicted molar refractivity (Wildman–Crippen MR) is 326 cm³/mol. The molecule has 3 aliphatic carbocycles. The Morgan fingerprint density at radius 3 is 2.69 bits per heavy atom. The number of methoxy groups -OCH3 is 1. The number of nitrogens with one attached hydrogen (secondary N) is 3. The van der Waals surface area contributed by atoms with Crippen molar-refractivity contribution >= 4 is 33.6 Å². The molecule has 1 saturated heterocycles. The molecule has 6 heterocycles. The minimum absolute atomic E-state index is 0.00811. The number of phenols is 2. The number of hydrogen-bond acceptors (Lipinski definition) is 15. The lowest BCUT2D eigenvalue weighted by Crippen LogP contribution is -2.49. The van der Waals surface area contributed by atoms with Crippen LogP contribution in [0.4, 0.5) is 0 Å². The van der Waals surface area contributed by atoms with Crippen LogP contribution in [-0.2, 0) is 39.1 Å². The average Bonchev–Trinajstić information content (AvgIpc) is 2.54. The topological polar surface area (TPSA) is 186 Å². The highest BCUT2D eigenvalue weighted by atomic mass is 33.1. The highest BCUT2D eigenvalue weighted by molar-refractivity contribution is 8.76. The third kappa shape index (κ3) is 11.1. The van der Waals surface area contributed by atoms with E-state index in [1.807, 2.05) is 33.7 Å². The number of aryl methyl sites for hydroxylation is 1. The molecule has 12 unspecified atom stereocenters. The molecule has 12 atom stereocenters. The minimum atomic E-state index is -0.801. The van der Waals surface area contributed by atoms with Crippen LogP contribution in [0.15, 0.2) is 84.1 Å². The van der Waals surface area contributed by atoms with Crippen LogP contribution in [0.1, 0.15) is 134 Å². The summed E-state index contributed by atoms with van der Waals surface area (Å²) in [5.41, 5.74) is 16.9. The van der Waals surface area contributed by atoms with E-state index in [2.05, 4.69) is 100 Å². The zero-order valence-electron chi connectivity index (χ0n) is 47.5. The number of allylic oxidation sites excluding steroid dienone is 3. The van der Waals surface area contributed by atoms with Crippen LogP contribution in [0, 0.1) is 47.4 Å². The molecule has 13 nitrogen and oxygen atoms in total. The molecule has 2 saturated carbocycles. The molecule has 3 fully saturated rings. The lowest BCUT2D eigenvalue weighted by molar-refractivity contribution is -0.141. The monoisotopic (exact) mass is 1160 g/mol. The number of aliphatic hydroxyl groups is 1. The third-order valence-corrected chi connectivity index (χ3v) is 21.8. The number of phenolic OH excluding ortho intramolecular Hbond substituents is 2. The quantitative estimate of drug-likeness (QED) is 0.0363. The van der Waals surface area contributed by atoms with Crippen LogP contribution in [0.3, 0.4) is 0 Å². The Bertz CT molecular complexity index is 3380. The molecule has 4 aromatic rings. The Labute approximate surface area is 495 Å². The van der Waals surface area contributed by atoms with E-state index in [0.29, 0.717) is 66.3 Å². The number of ether oxygens (including phenoxy) is 5. The number of benzene rings is 4. The zero-order chi connectivity index (χ0) is 56.8. The molecule has 1 spiro atoms. The second-order valence-corrected chi connectivity index (χ2v) is 27.0. The Balaban J connectivity index is 1.10. The molecule has 13 rings (SSSR count). The van der Waals surface area contributed by atoms with Crippen LogP contribution in [0.2, 0.25) is 0 Å². The number of esters is 1. The van der Waals surface area contributed by atoms with Gasteiger partial charge in [-0.05, 0) is 140 Å². The van der Waals surface area contributed by atoms with E-state index >= 15 is 0 Å². The summed E-state index contributed by atoms with van der Waals surface area (Å²) < 4.78 is 33.4. The second kappa shape index (κ2) is 24.2. The number of nitrogens with two attached hydrogens (primary N) is 1. The number of aromatic hydroxyl groups is 2. The number of rotatable bonds is 9. The number of fused-ring (bicyclic) bond motifs is 10. The van der Waals surface area contributed by atoms with Gasteiger partial charge in [-0.3, -0.25) is 4.79 Å². The van der Waals surface area contributed by atoms with Crippen LogP contribution in [0.5, 0.6) is 28.7 Å². The van der Waals surface area contributed by atoms with Gasteiger partial charge in [-0.1, -0.05) is 101 Å². The van der Waals surface area contributed by atoms with Gasteiger partial charge in [0.25, 0.3) is 0 Å². The van der Waals surface area contributed by atoms with Gasteiger partial charge in [-0.25, -0.2) is 0 Å². The Morgan fingerprint density at radius 1 is 0.952 bits per heavy atom. The van der Waals surface area contributed by atoms with Crippen molar-refractivity contribution in [1.29, 1.82) is 0 Å². The van der Waals surface area contributed by atoms with Crippen molar-refractivity contribution in [3.05, 3.63) is 129 Å². The summed E-state index contributed by atoms with van der Waals surface area (Å²) in [4.78, 5) is 13.3. The predicted octanol–water partition coefficient (Wildman–Crippen LogP) is 10.4. The van der Waals surface area contributed by atoms with Gasteiger partial charge < -0.3 is 60.7 Å². The van der Waals surface area contributed by atoms with Crippen molar-refractivity contribution in [1.82, 2.24) is 16.0 Å². The van der Waals surface area contributed by atoms with Crippen molar-refractivity contribution in [2.75, 3.05) is 45.2 Å². The van der Waals surface area contributed by atoms with Gasteiger partial charge >= 0.3 is 5.97 Å². The Kier molecular flexibility index (Phi) is 16.3. The molecule has 9 aliphatic rings. The van der Waals surface area contributed by atoms with E-state index in [1.54, 1.807) is 13.2 Å². The fourth-order valence-electron chi connectivity index (χ4n) is 15.6.